The van der Waals surface area contributed by atoms with Crippen LogP contribution in [0, 0.1) is 0 Å². The van der Waals surface area contributed by atoms with Gasteiger partial charge in [0.25, 0.3) is 0 Å². The first-order valence-corrected chi connectivity index (χ1v) is 30.8. The molecule has 6 heteroatoms. The van der Waals surface area contributed by atoms with Gasteiger partial charge in [0.1, 0.15) is 13.2 Å². The summed E-state index contributed by atoms with van der Waals surface area (Å²) in [5.74, 6) is -0.849. The van der Waals surface area contributed by atoms with E-state index in [0.29, 0.717) is 19.3 Å². The van der Waals surface area contributed by atoms with Gasteiger partial charge in [-0.05, 0) is 51.4 Å². The molecule has 0 aliphatic carbocycles. The minimum absolute atomic E-state index is 0.0677. The fraction of sp³-hybridized carbons (Fsp3) is 0.889. The number of allylic oxidation sites excluding steroid dienone is 4. The second kappa shape index (κ2) is 58.5. The van der Waals surface area contributed by atoms with Gasteiger partial charge in [-0.1, -0.05) is 295 Å². The Morgan fingerprint density at radius 1 is 0.290 bits per heavy atom. The van der Waals surface area contributed by atoms with Gasteiger partial charge in [0, 0.05) is 19.3 Å². The van der Waals surface area contributed by atoms with E-state index in [4.69, 9.17) is 14.2 Å². The summed E-state index contributed by atoms with van der Waals surface area (Å²) in [6.07, 6.45) is 68.8. The Labute approximate surface area is 430 Å². The fourth-order valence-corrected chi connectivity index (χ4v) is 9.30. The second-order valence-electron chi connectivity index (χ2n) is 21.0. The van der Waals surface area contributed by atoms with E-state index in [2.05, 4.69) is 45.1 Å². The minimum atomic E-state index is -0.770. The summed E-state index contributed by atoms with van der Waals surface area (Å²) in [5.41, 5.74) is 0. The monoisotopic (exact) mass is 971 g/mol. The summed E-state index contributed by atoms with van der Waals surface area (Å²) in [5, 5.41) is 0. The zero-order valence-corrected chi connectivity index (χ0v) is 46.6. The predicted molar refractivity (Wildman–Crippen MR) is 298 cm³/mol. The van der Waals surface area contributed by atoms with Crippen LogP contribution in [-0.4, -0.2) is 37.2 Å². The molecule has 0 fully saturated rings. The number of ether oxygens (including phenoxy) is 3. The largest absolute Gasteiger partial charge is 0.462 e. The summed E-state index contributed by atoms with van der Waals surface area (Å²) in [6, 6.07) is 0. The van der Waals surface area contributed by atoms with E-state index >= 15 is 0 Å². The molecule has 0 saturated carbocycles. The molecule has 0 aliphatic rings. The maximum atomic E-state index is 12.9. The standard InChI is InChI=1S/C63H118O6/c1-4-7-10-13-16-19-22-25-28-31-33-35-38-41-44-47-50-53-56-62(65)68-59-60(58-67-61(64)55-52-49-46-43-40-37-34-30-27-24-21-18-15-12-9-6-3)69-63(66)57-54-51-48-45-42-39-36-32-29-26-23-20-17-14-11-8-5-2/h19,22,28,31,60H,4-18,20-21,23-27,29-30,32-59H2,1-3H3/b22-19-,31-28-. The van der Waals surface area contributed by atoms with Gasteiger partial charge in [-0.25, -0.2) is 0 Å². The van der Waals surface area contributed by atoms with Crippen LogP contribution in [0.5, 0.6) is 0 Å². The Balaban J connectivity index is 4.33. The first-order chi connectivity index (χ1) is 34.0. The zero-order valence-electron chi connectivity index (χ0n) is 46.6. The van der Waals surface area contributed by atoms with Crippen molar-refractivity contribution in [2.24, 2.45) is 0 Å². The van der Waals surface area contributed by atoms with Crippen molar-refractivity contribution in [1.29, 1.82) is 0 Å². The Bertz CT molecular complexity index is 1110. The van der Waals surface area contributed by atoms with Crippen LogP contribution in [0.15, 0.2) is 24.3 Å². The van der Waals surface area contributed by atoms with Crippen molar-refractivity contribution in [3.05, 3.63) is 24.3 Å². The molecule has 0 aromatic heterocycles. The third-order valence-corrected chi connectivity index (χ3v) is 14.0. The molecule has 6 nitrogen and oxygen atoms in total. The van der Waals surface area contributed by atoms with Gasteiger partial charge in [0.05, 0.1) is 0 Å². The topological polar surface area (TPSA) is 78.9 Å². The molecule has 69 heavy (non-hydrogen) atoms. The quantitative estimate of drug-likeness (QED) is 0.0261. The zero-order chi connectivity index (χ0) is 50.0. The molecule has 0 aromatic rings. The fourth-order valence-electron chi connectivity index (χ4n) is 9.30. The van der Waals surface area contributed by atoms with Crippen LogP contribution in [0.3, 0.4) is 0 Å². The molecule has 0 spiro atoms. The summed E-state index contributed by atoms with van der Waals surface area (Å²) in [4.78, 5) is 38.3. The summed E-state index contributed by atoms with van der Waals surface area (Å²) in [7, 11) is 0. The lowest BCUT2D eigenvalue weighted by molar-refractivity contribution is -0.167. The molecular formula is C63H118O6. The van der Waals surface area contributed by atoms with Crippen LogP contribution in [0.2, 0.25) is 0 Å². The van der Waals surface area contributed by atoms with E-state index in [1.165, 1.54) is 231 Å². The van der Waals surface area contributed by atoms with Crippen molar-refractivity contribution in [1.82, 2.24) is 0 Å². The highest BCUT2D eigenvalue weighted by molar-refractivity contribution is 5.71. The number of hydrogen-bond donors (Lipinski definition) is 0. The molecule has 0 amide bonds. The molecule has 0 heterocycles. The summed E-state index contributed by atoms with van der Waals surface area (Å²) >= 11 is 0. The molecule has 0 radical (unpaired) electrons. The van der Waals surface area contributed by atoms with Crippen LogP contribution in [0.1, 0.15) is 342 Å². The minimum Gasteiger partial charge on any atom is -0.462 e. The van der Waals surface area contributed by atoms with Crippen LogP contribution < -0.4 is 0 Å². The van der Waals surface area contributed by atoms with Crippen LogP contribution in [0.4, 0.5) is 0 Å². The number of esters is 3. The van der Waals surface area contributed by atoms with Crippen molar-refractivity contribution in [2.45, 2.75) is 348 Å². The molecule has 0 rings (SSSR count). The Morgan fingerprint density at radius 3 is 0.812 bits per heavy atom. The van der Waals surface area contributed by atoms with Crippen LogP contribution in [-0.2, 0) is 28.6 Å². The van der Waals surface area contributed by atoms with Crippen molar-refractivity contribution in [3.8, 4) is 0 Å². The van der Waals surface area contributed by atoms with E-state index in [1.54, 1.807) is 0 Å². The molecule has 0 aromatic carbocycles. The van der Waals surface area contributed by atoms with Crippen molar-refractivity contribution >= 4 is 17.9 Å². The molecule has 1 unspecified atom stereocenters. The molecule has 0 saturated heterocycles. The first-order valence-electron chi connectivity index (χ1n) is 30.8. The average molecular weight is 972 g/mol. The average Bonchev–Trinajstić information content (AvgIpc) is 3.35. The molecule has 0 bridgehead atoms. The SMILES string of the molecule is CCCCCC/C=C\C/C=C\CCCCCCCCCC(=O)OCC(COC(=O)CCCCCCCCCCCCCCCCCC)OC(=O)CCCCCCCCCCCCCCCCCCC. The lowest BCUT2D eigenvalue weighted by Gasteiger charge is -2.18. The summed E-state index contributed by atoms with van der Waals surface area (Å²) < 4.78 is 16.9. The van der Waals surface area contributed by atoms with E-state index in [1.807, 2.05) is 0 Å². The van der Waals surface area contributed by atoms with Gasteiger partial charge in [-0.15, -0.1) is 0 Å². The van der Waals surface area contributed by atoms with Crippen molar-refractivity contribution in [3.63, 3.8) is 0 Å². The Morgan fingerprint density at radius 2 is 0.522 bits per heavy atom. The highest BCUT2D eigenvalue weighted by atomic mass is 16.6. The molecule has 0 N–H and O–H groups in total. The highest BCUT2D eigenvalue weighted by Gasteiger charge is 2.19. The van der Waals surface area contributed by atoms with E-state index in [0.717, 1.165) is 70.6 Å². The van der Waals surface area contributed by atoms with Crippen molar-refractivity contribution in [2.75, 3.05) is 13.2 Å². The molecule has 406 valence electrons. The number of carbonyl (C=O) groups excluding carboxylic acids is 3. The second-order valence-corrected chi connectivity index (χ2v) is 21.0. The predicted octanol–water partition coefficient (Wildman–Crippen LogP) is 20.7. The Kier molecular flexibility index (Phi) is 56.7. The summed E-state index contributed by atoms with van der Waals surface area (Å²) in [6.45, 7) is 6.68. The smallest absolute Gasteiger partial charge is 0.306 e. The van der Waals surface area contributed by atoms with Gasteiger partial charge in [-0.2, -0.15) is 0 Å². The third-order valence-electron chi connectivity index (χ3n) is 14.0. The molecule has 0 aliphatic heterocycles. The van der Waals surface area contributed by atoms with E-state index < -0.39 is 6.10 Å². The lowest BCUT2D eigenvalue weighted by Crippen LogP contribution is -2.30. The molecule has 1 atom stereocenters. The normalized spacial score (nSPS) is 12.1. The first kappa shape index (κ1) is 66.9. The Hall–Kier alpha value is -2.11. The highest BCUT2D eigenvalue weighted by Crippen LogP contribution is 2.17. The van der Waals surface area contributed by atoms with Crippen LogP contribution >= 0.6 is 0 Å². The number of hydrogen-bond acceptors (Lipinski definition) is 6. The maximum absolute atomic E-state index is 12.9. The third kappa shape index (κ3) is 56.7. The van der Waals surface area contributed by atoms with Gasteiger partial charge < -0.3 is 14.2 Å². The van der Waals surface area contributed by atoms with Crippen molar-refractivity contribution < 1.29 is 28.6 Å². The van der Waals surface area contributed by atoms with Crippen LogP contribution in [0.25, 0.3) is 0 Å². The van der Waals surface area contributed by atoms with Gasteiger partial charge >= 0.3 is 17.9 Å². The van der Waals surface area contributed by atoms with E-state index in [-0.39, 0.29) is 31.1 Å². The van der Waals surface area contributed by atoms with E-state index in [9.17, 15) is 14.4 Å². The number of carbonyl (C=O) groups is 3. The van der Waals surface area contributed by atoms with Gasteiger partial charge in [-0.3, -0.25) is 14.4 Å². The maximum Gasteiger partial charge on any atom is 0.306 e. The molecular weight excluding hydrogens is 853 g/mol. The van der Waals surface area contributed by atoms with Gasteiger partial charge in [0.15, 0.2) is 6.10 Å². The number of unbranched alkanes of at least 4 members (excludes halogenated alkanes) is 42. The van der Waals surface area contributed by atoms with Gasteiger partial charge in [0.2, 0.25) is 0 Å². The number of rotatable bonds is 57. The lowest BCUT2D eigenvalue weighted by atomic mass is 10.0.